The molecule has 110 valence electrons. The summed E-state index contributed by atoms with van der Waals surface area (Å²) in [6.07, 6.45) is -9.01. The van der Waals surface area contributed by atoms with Crippen LogP contribution in [0.4, 0.5) is 27.6 Å². The lowest BCUT2D eigenvalue weighted by Crippen LogP contribution is -2.20. The Bertz CT molecular complexity index is 559. The molecule has 0 aliphatic rings. The van der Waals surface area contributed by atoms with Crippen molar-refractivity contribution in [2.24, 2.45) is 0 Å². The van der Waals surface area contributed by atoms with Crippen molar-refractivity contribution in [2.45, 2.75) is 12.8 Å². The van der Waals surface area contributed by atoms with Gasteiger partial charge in [0.15, 0.2) is 11.3 Å². The van der Waals surface area contributed by atoms with Gasteiger partial charge in [-0.15, -0.1) is 13.2 Å². The summed E-state index contributed by atoms with van der Waals surface area (Å²) < 4.78 is 64.4. The lowest BCUT2D eigenvalue weighted by atomic mass is 10.2. The highest BCUT2D eigenvalue weighted by Gasteiger charge is 2.40. The van der Waals surface area contributed by atoms with Gasteiger partial charge in [0.25, 0.3) is 6.43 Å². The molecule has 1 heterocycles. The molecule has 0 spiro atoms. The van der Waals surface area contributed by atoms with E-state index < -0.39 is 46.4 Å². The van der Waals surface area contributed by atoms with Gasteiger partial charge in [-0.3, -0.25) is 10.1 Å². The first kappa shape index (κ1) is 15.5. The summed E-state index contributed by atoms with van der Waals surface area (Å²) >= 11 is 0. The normalized spacial score (nSPS) is 11.5. The predicted octanol–water partition coefficient (Wildman–Crippen LogP) is 2.52. The third-order valence-corrected chi connectivity index (χ3v) is 1.87. The highest BCUT2D eigenvalue weighted by atomic mass is 19.4. The van der Waals surface area contributed by atoms with Gasteiger partial charge in [-0.25, -0.2) is 18.6 Å². The Morgan fingerprint density at radius 2 is 2.00 bits per heavy atom. The maximum atomic E-state index is 12.5. The average Bonchev–Trinajstić information content (AvgIpc) is 2.24. The van der Waals surface area contributed by atoms with Gasteiger partial charge in [-0.05, 0) is 0 Å². The molecule has 12 heteroatoms. The fourth-order valence-electron chi connectivity index (χ4n) is 1.21. The van der Waals surface area contributed by atoms with Crippen molar-refractivity contribution < 1.29 is 41.5 Å². The van der Waals surface area contributed by atoms with Crippen molar-refractivity contribution in [3.63, 3.8) is 0 Å². The fourth-order valence-corrected chi connectivity index (χ4v) is 1.21. The summed E-state index contributed by atoms with van der Waals surface area (Å²) in [5, 5.41) is 19.2. The number of hydrogen-bond acceptors (Lipinski definition) is 5. The largest absolute Gasteiger partial charge is 0.573 e. The summed E-state index contributed by atoms with van der Waals surface area (Å²) in [6.45, 7) is 0. The van der Waals surface area contributed by atoms with Gasteiger partial charge in [0.1, 0.15) is 0 Å². The molecule has 0 amide bonds. The van der Waals surface area contributed by atoms with E-state index in [4.69, 9.17) is 5.11 Å². The number of carboxylic acids is 1. The number of aromatic nitrogens is 1. The number of nitrogens with zero attached hydrogens (tertiary/aromatic N) is 2. The first-order chi connectivity index (χ1) is 9.04. The lowest BCUT2D eigenvalue weighted by molar-refractivity contribution is -0.389. The standard InChI is InChI=1S/C8H3F5N2O5/c9-6(10)3-5(20-8(11,12)13)4(15(18)19)2(1-14-3)7(16)17/h1,6H,(H,16,17). The van der Waals surface area contributed by atoms with Gasteiger partial charge in [-0.2, -0.15) is 0 Å². The number of alkyl halides is 5. The minimum atomic E-state index is -5.53. The van der Waals surface area contributed by atoms with E-state index in [0.29, 0.717) is 0 Å². The van der Waals surface area contributed by atoms with E-state index in [0.717, 1.165) is 0 Å². The van der Waals surface area contributed by atoms with Crippen LogP contribution in [0.15, 0.2) is 6.20 Å². The molecule has 0 saturated heterocycles. The van der Waals surface area contributed by atoms with E-state index in [2.05, 4.69) is 9.72 Å². The molecule has 0 saturated carbocycles. The summed E-state index contributed by atoms with van der Waals surface area (Å²) in [6, 6.07) is 0. The van der Waals surface area contributed by atoms with Crippen molar-refractivity contribution in [3.05, 3.63) is 27.6 Å². The Morgan fingerprint density at radius 1 is 1.45 bits per heavy atom. The maximum absolute atomic E-state index is 12.5. The molecule has 0 aliphatic carbocycles. The Labute approximate surface area is 105 Å². The molecule has 7 nitrogen and oxygen atoms in total. The van der Waals surface area contributed by atoms with Gasteiger partial charge < -0.3 is 9.84 Å². The SMILES string of the molecule is O=C(O)c1cnc(C(F)F)c(OC(F)(F)F)c1[N+](=O)[O-]. The molecule has 1 aromatic rings. The molecule has 0 aromatic carbocycles. The highest BCUT2D eigenvalue weighted by Crippen LogP contribution is 2.40. The van der Waals surface area contributed by atoms with E-state index in [1.165, 1.54) is 0 Å². The van der Waals surface area contributed by atoms with Crippen molar-refractivity contribution in [3.8, 4) is 5.75 Å². The van der Waals surface area contributed by atoms with Gasteiger partial charge >= 0.3 is 18.0 Å². The summed E-state index contributed by atoms with van der Waals surface area (Å²) in [5.74, 6) is -3.96. The number of pyridine rings is 1. The van der Waals surface area contributed by atoms with Gasteiger partial charge in [0, 0.05) is 6.20 Å². The second-order valence-electron chi connectivity index (χ2n) is 3.15. The van der Waals surface area contributed by atoms with Crippen LogP contribution >= 0.6 is 0 Å². The van der Waals surface area contributed by atoms with Gasteiger partial charge in [0.2, 0.25) is 5.75 Å². The maximum Gasteiger partial charge on any atom is 0.573 e. The summed E-state index contributed by atoms with van der Waals surface area (Å²) in [5.41, 5.74) is -4.74. The third kappa shape index (κ3) is 3.27. The first-order valence-electron chi connectivity index (χ1n) is 4.49. The molecule has 0 aliphatic heterocycles. The van der Waals surface area contributed by atoms with E-state index in [1.54, 1.807) is 0 Å². The first-order valence-corrected chi connectivity index (χ1v) is 4.49. The Balaban J connectivity index is 3.65. The van der Waals surface area contributed by atoms with Crippen LogP contribution in [-0.4, -0.2) is 27.3 Å². The van der Waals surface area contributed by atoms with Crippen LogP contribution in [0.25, 0.3) is 0 Å². The Hall–Kier alpha value is -2.53. The van der Waals surface area contributed by atoms with E-state index >= 15 is 0 Å². The van der Waals surface area contributed by atoms with Crippen molar-refractivity contribution >= 4 is 11.7 Å². The van der Waals surface area contributed by atoms with Crippen LogP contribution in [0, 0.1) is 10.1 Å². The van der Waals surface area contributed by atoms with E-state index in [9.17, 15) is 36.9 Å². The van der Waals surface area contributed by atoms with Crippen molar-refractivity contribution in [1.29, 1.82) is 0 Å². The minimum Gasteiger partial charge on any atom is -0.477 e. The van der Waals surface area contributed by atoms with Crippen molar-refractivity contribution in [1.82, 2.24) is 4.98 Å². The monoisotopic (exact) mass is 302 g/mol. The number of carboxylic acid groups (broad SMARTS) is 1. The number of nitro groups is 1. The zero-order valence-corrected chi connectivity index (χ0v) is 9.02. The highest BCUT2D eigenvalue weighted by molar-refractivity contribution is 5.93. The second kappa shape index (κ2) is 5.22. The molecule has 0 atom stereocenters. The number of aromatic carboxylic acids is 1. The number of ether oxygens (including phenoxy) is 1. The summed E-state index contributed by atoms with van der Waals surface area (Å²) in [7, 11) is 0. The molecular formula is C8H3F5N2O5. The van der Waals surface area contributed by atoms with E-state index in [1.807, 2.05) is 0 Å². The van der Waals surface area contributed by atoms with Crippen LogP contribution in [0.1, 0.15) is 22.5 Å². The molecule has 1 N–H and O–H groups in total. The number of carbonyl (C=O) groups is 1. The molecule has 20 heavy (non-hydrogen) atoms. The lowest BCUT2D eigenvalue weighted by Gasteiger charge is -2.13. The quantitative estimate of drug-likeness (QED) is 0.521. The topological polar surface area (TPSA) is 103 Å². The number of halogens is 5. The molecule has 0 radical (unpaired) electrons. The zero-order valence-electron chi connectivity index (χ0n) is 9.02. The van der Waals surface area contributed by atoms with E-state index in [-0.39, 0.29) is 6.20 Å². The van der Waals surface area contributed by atoms with Crippen LogP contribution < -0.4 is 4.74 Å². The molecule has 0 unspecified atom stereocenters. The minimum absolute atomic E-state index is 0.158. The van der Waals surface area contributed by atoms with Gasteiger partial charge in [0.05, 0.1) is 4.92 Å². The smallest absolute Gasteiger partial charge is 0.477 e. The molecule has 1 aromatic heterocycles. The molecule has 1 rings (SSSR count). The summed E-state index contributed by atoms with van der Waals surface area (Å²) in [4.78, 5) is 22.5. The Kier molecular flexibility index (Phi) is 4.06. The fraction of sp³-hybridized carbons (Fsp3) is 0.250. The molecular weight excluding hydrogens is 299 g/mol. The van der Waals surface area contributed by atoms with Crippen LogP contribution in [0.2, 0.25) is 0 Å². The molecule has 0 bridgehead atoms. The zero-order chi connectivity index (χ0) is 15.7. The van der Waals surface area contributed by atoms with Gasteiger partial charge in [-0.1, -0.05) is 0 Å². The number of rotatable bonds is 4. The van der Waals surface area contributed by atoms with Crippen LogP contribution in [-0.2, 0) is 0 Å². The number of hydrogen-bond donors (Lipinski definition) is 1. The average molecular weight is 302 g/mol. The predicted molar refractivity (Wildman–Crippen MR) is 49.5 cm³/mol. The second-order valence-corrected chi connectivity index (χ2v) is 3.15. The van der Waals surface area contributed by atoms with Crippen LogP contribution in [0.5, 0.6) is 5.75 Å². The third-order valence-electron chi connectivity index (χ3n) is 1.87. The van der Waals surface area contributed by atoms with Crippen LogP contribution in [0.3, 0.4) is 0 Å². The van der Waals surface area contributed by atoms with Crippen molar-refractivity contribution in [2.75, 3.05) is 0 Å². The Morgan fingerprint density at radius 3 is 2.35 bits per heavy atom. The molecule has 0 fully saturated rings.